The van der Waals surface area contributed by atoms with Gasteiger partial charge in [0, 0.05) is 44.8 Å². The van der Waals surface area contributed by atoms with Crippen molar-refractivity contribution in [3.63, 3.8) is 0 Å². The van der Waals surface area contributed by atoms with Crippen LogP contribution in [-0.2, 0) is 28.7 Å². The topological polar surface area (TPSA) is 41.9 Å². The van der Waals surface area contributed by atoms with E-state index in [-0.39, 0.29) is 6.29 Å². The highest BCUT2D eigenvalue weighted by Crippen LogP contribution is 2.49. The number of phenolic OH excluding ortho intramolecular Hbond substituents is 1. The predicted octanol–water partition coefficient (Wildman–Crippen LogP) is 6.58. The first-order valence-electron chi connectivity index (χ1n) is 14.0. The average molecular weight is 498 g/mol. The first-order valence-corrected chi connectivity index (χ1v) is 14.0. The summed E-state index contributed by atoms with van der Waals surface area (Å²) in [6.07, 6.45) is 7.88. The summed E-state index contributed by atoms with van der Waals surface area (Å²) < 4.78 is 11.0. The minimum absolute atomic E-state index is 0.105. The molecule has 2 aliphatic carbocycles. The monoisotopic (exact) mass is 497 g/mol. The molecule has 1 N–H and O–H groups in total. The SMILES string of the molecule is COC(OC)C1CCN(c2ccc([C@@H]3c4ccc(O)cc4CC[C@@H]3c3cccc4c3CCC4)cc2)CC1. The number of fused-ring (bicyclic) bond motifs is 2. The second kappa shape index (κ2) is 10.5. The summed E-state index contributed by atoms with van der Waals surface area (Å²) in [6.45, 7) is 2.05. The minimum Gasteiger partial charge on any atom is -0.508 e. The number of methoxy groups -OCH3 is 2. The Kier molecular flexibility index (Phi) is 6.96. The lowest BCUT2D eigenvalue weighted by Gasteiger charge is -2.37. The van der Waals surface area contributed by atoms with Gasteiger partial charge in [0.25, 0.3) is 0 Å². The quantitative estimate of drug-likeness (QED) is 0.391. The van der Waals surface area contributed by atoms with Crippen molar-refractivity contribution in [2.75, 3.05) is 32.2 Å². The van der Waals surface area contributed by atoms with Crippen molar-refractivity contribution >= 4 is 5.69 Å². The number of ether oxygens (including phenoxy) is 2. The normalized spacial score (nSPS) is 21.8. The zero-order valence-electron chi connectivity index (χ0n) is 22.2. The zero-order valence-corrected chi connectivity index (χ0v) is 22.2. The summed E-state index contributed by atoms with van der Waals surface area (Å²) in [5.74, 6) is 1.60. The third kappa shape index (κ3) is 4.66. The fourth-order valence-electron chi connectivity index (χ4n) is 7.35. The van der Waals surface area contributed by atoms with Gasteiger partial charge in [-0.1, -0.05) is 36.4 Å². The fourth-order valence-corrected chi connectivity index (χ4v) is 7.35. The number of nitrogens with zero attached hydrogens (tertiary/aromatic N) is 1. The van der Waals surface area contributed by atoms with Gasteiger partial charge in [-0.25, -0.2) is 0 Å². The summed E-state index contributed by atoms with van der Waals surface area (Å²) in [6, 6.07) is 22.4. The lowest BCUT2D eigenvalue weighted by molar-refractivity contribution is -0.141. The lowest BCUT2D eigenvalue weighted by Crippen LogP contribution is -2.39. The molecule has 1 aliphatic heterocycles. The molecule has 1 heterocycles. The summed E-state index contributed by atoms with van der Waals surface area (Å²) in [4.78, 5) is 2.50. The molecule has 3 aliphatic rings. The van der Waals surface area contributed by atoms with Crippen LogP contribution >= 0.6 is 0 Å². The molecule has 0 bridgehead atoms. The molecule has 0 saturated carbocycles. The molecule has 1 fully saturated rings. The van der Waals surface area contributed by atoms with E-state index in [4.69, 9.17) is 9.47 Å². The average Bonchev–Trinajstić information content (AvgIpc) is 3.43. The van der Waals surface area contributed by atoms with Crippen molar-refractivity contribution in [2.45, 2.75) is 63.1 Å². The Morgan fingerprint density at radius 1 is 0.811 bits per heavy atom. The van der Waals surface area contributed by atoms with Crippen LogP contribution in [0.3, 0.4) is 0 Å². The van der Waals surface area contributed by atoms with E-state index in [9.17, 15) is 5.11 Å². The van der Waals surface area contributed by atoms with Gasteiger partial charge in [-0.05, 0) is 109 Å². The highest BCUT2D eigenvalue weighted by atomic mass is 16.7. The van der Waals surface area contributed by atoms with E-state index in [1.807, 2.05) is 12.1 Å². The number of aryl methyl sites for hydroxylation is 2. The summed E-state index contributed by atoms with van der Waals surface area (Å²) in [7, 11) is 3.47. The van der Waals surface area contributed by atoms with Crippen molar-refractivity contribution in [1.29, 1.82) is 0 Å². The van der Waals surface area contributed by atoms with E-state index in [0.29, 0.717) is 23.5 Å². The Hall–Kier alpha value is -2.82. The van der Waals surface area contributed by atoms with Crippen molar-refractivity contribution in [2.24, 2.45) is 5.92 Å². The van der Waals surface area contributed by atoms with Crippen LogP contribution in [-0.4, -0.2) is 38.7 Å². The third-order valence-electron chi connectivity index (χ3n) is 9.18. The standard InChI is InChI=1S/C33H39NO3/c1-36-33(37-2)24-17-19-34(20-18-24)26-12-9-23(10-13-26)32-29-16-14-27(35)21-25(29)11-15-31(32)30-8-4-6-22-5-3-7-28(22)30/h4,6,8-10,12-14,16,21,24,31-33,35H,3,5,7,11,15,17-20H2,1-2H3/t31-,32-/m1/s1. The van der Waals surface area contributed by atoms with Gasteiger partial charge in [0.05, 0.1) is 0 Å². The van der Waals surface area contributed by atoms with E-state index in [2.05, 4.69) is 53.4 Å². The molecule has 0 unspecified atom stereocenters. The summed E-state index contributed by atoms with van der Waals surface area (Å²) >= 11 is 0. The van der Waals surface area contributed by atoms with Gasteiger partial charge in [-0.15, -0.1) is 0 Å². The maximum Gasteiger partial charge on any atom is 0.159 e. The molecule has 0 spiro atoms. The van der Waals surface area contributed by atoms with Gasteiger partial charge in [0.15, 0.2) is 6.29 Å². The van der Waals surface area contributed by atoms with Crippen LogP contribution in [0.25, 0.3) is 0 Å². The van der Waals surface area contributed by atoms with Crippen molar-refractivity contribution < 1.29 is 14.6 Å². The van der Waals surface area contributed by atoms with Crippen LogP contribution in [0, 0.1) is 5.92 Å². The van der Waals surface area contributed by atoms with E-state index in [0.717, 1.165) is 38.8 Å². The number of hydrogen-bond acceptors (Lipinski definition) is 4. The number of rotatable bonds is 6. The van der Waals surface area contributed by atoms with Gasteiger partial charge in [-0.3, -0.25) is 0 Å². The van der Waals surface area contributed by atoms with Gasteiger partial charge >= 0.3 is 0 Å². The van der Waals surface area contributed by atoms with Crippen LogP contribution in [0.4, 0.5) is 5.69 Å². The number of phenols is 1. The van der Waals surface area contributed by atoms with Crippen molar-refractivity contribution in [3.8, 4) is 5.75 Å². The first-order chi connectivity index (χ1) is 18.2. The molecular weight excluding hydrogens is 458 g/mol. The highest BCUT2D eigenvalue weighted by molar-refractivity contribution is 5.54. The molecule has 3 aromatic rings. The van der Waals surface area contributed by atoms with Gasteiger partial charge in [0.1, 0.15) is 5.75 Å². The predicted molar refractivity (Wildman–Crippen MR) is 149 cm³/mol. The molecule has 3 aromatic carbocycles. The Balaban J connectivity index is 1.30. The van der Waals surface area contributed by atoms with Gasteiger partial charge in [0.2, 0.25) is 0 Å². The van der Waals surface area contributed by atoms with Crippen molar-refractivity contribution in [3.05, 3.63) is 94.0 Å². The second-order valence-corrected chi connectivity index (χ2v) is 11.1. The molecule has 6 rings (SSSR count). The minimum atomic E-state index is -0.105. The summed E-state index contributed by atoms with van der Waals surface area (Å²) in [5.41, 5.74) is 10.1. The van der Waals surface area contributed by atoms with Crippen molar-refractivity contribution in [1.82, 2.24) is 0 Å². The second-order valence-electron chi connectivity index (χ2n) is 11.1. The van der Waals surface area contributed by atoms with Crippen LogP contribution in [0.15, 0.2) is 60.7 Å². The van der Waals surface area contributed by atoms with E-state index >= 15 is 0 Å². The zero-order chi connectivity index (χ0) is 25.4. The Morgan fingerprint density at radius 3 is 2.35 bits per heavy atom. The third-order valence-corrected chi connectivity index (χ3v) is 9.18. The number of anilines is 1. The maximum absolute atomic E-state index is 10.2. The first kappa shape index (κ1) is 24.5. The molecule has 4 nitrogen and oxygen atoms in total. The Labute approximate surface area is 221 Å². The van der Waals surface area contributed by atoms with Gasteiger partial charge < -0.3 is 19.5 Å². The van der Waals surface area contributed by atoms with Crippen LogP contribution < -0.4 is 4.90 Å². The Morgan fingerprint density at radius 2 is 1.59 bits per heavy atom. The van der Waals surface area contributed by atoms with Crippen LogP contribution in [0.1, 0.15) is 70.9 Å². The molecule has 0 radical (unpaired) electrons. The van der Waals surface area contributed by atoms with Crippen LogP contribution in [0.5, 0.6) is 5.75 Å². The molecule has 4 heteroatoms. The molecule has 0 aromatic heterocycles. The molecule has 2 atom stereocenters. The molecule has 0 amide bonds. The smallest absolute Gasteiger partial charge is 0.159 e. The van der Waals surface area contributed by atoms with Gasteiger partial charge in [-0.2, -0.15) is 0 Å². The largest absolute Gasteiger partial charge is 0.508 e. The number of benzene rings is 3. The molecule has 194 valence electrons. The van der Waals surface area contributed by atoms with E-state index in [1.165, 1.54) is 41.6 Å². The van der Waals surface area contributed by atoms with Crippen LogP contribution in [0.2, 0.25) is 0 Å². The molecular formula is C33H39NO3. The van der Waals surface area contributed by atoms with E-state index < -0.39 is 0 Å². The number of aromatic hydroxyl groups is 1. The maximum atomic E-state index is 10.2. The highest BCUT2D eigenvalue weighted by Gasteiger charge is 2.34. The molecule has 37 heavy (non-hydrogen) atoms. The lowest BCUT2D eigenvalue weighted by atomic mass is 9.68. The fraction of sp³-hybridized carbons (Fsp3) is 0.455. The van der Waals surface area contributed by atoms with E-state index in [1.54, 1.807) is 30.9 Å². The molecule has 1 saturated heterocycles. The number of hydrogen-bond donors (Lipinski definition) is 1. The summed E-state index contributed by atoms with van der Waals surface area (Å²) in [5, 5.41) is 10.2. The number of piperidine rings is 1. The Bertz CT molecular complexity index is 1220.